The van der Waals surface area contributed by atoms with Crippen molar-refractivity contribution in [3.05, 3.63) is 61.2 Å². The molecule has 0 radical (unpaired) electrons. The van der Waals surface area contributed by atoms with Crippen molar-refractivity contribution in [2.24, 2.45) is 0 Å². The SMILES string of the molecule is Cc1c(O)cc(O)c2c1C(=O)OC[C@H](Oc1ccc([N+](=O)[O-])cc1[N+](=O)[O-])C(=O)N[C@H](C(=O)O)CSC2. The Hall–Kier alpha value is -4.60. The van der Waals surface area contributed by atoms with Gasteiger partial charge < -0.3 is 30.1 Å². The van der Waals surface area contributed by atoms with Gasteiger partial charge in [-0.2, -0.15) is 11.8 Å². The van der Waals surface area contributed by atoms with Gasteiger partial charge in [-0.15, -0.1) is 0 Å². The molecule has 0 aliphatic carbocycles. The Bertz CT molecular complexity index is 1300. The van der Waals surface area contributed by atoms with Crippen LogP contribution in [0.2, 0.25) is 0 Å². The van der Waals surface area contributed by atoms with Crippen LogP contribution in [-0.2, 0) is 20.1 Å². The van der Waals surface area contributed by atoms with Gasteiger partial charge in [-0.05, 0) is 13.0 Å². The molecule has 0 aromatic heterocycles. The third-order valence-corrected chi connectivity index (χ3v) is 6.33. The number of aromatic hydroxyl groups is 2. The van der Waals surface area contributed by atoms with Gasteiger partial charge in [0.15, 0.2) is 5.75 Å². The third kappa shape index (κ3) is 5.97. The second kappa shape index (κ2) is 11.0. The summed E-state index contributed by atoms with van der Waals surface area (Å²) in [6, 6.07) is 1.93. The molecule has 1 heterocycles. The van der Waals surface area contributed by atoms with Crippen LogP contribution in [0.15, 0.2) is 24.3 Å². The highest BCUT2D eigenvalue weighted by molar-refractivity contribution is 7.98. The lowest BCUT2D eigenvalue weighted by molar-refractivity contribution is -0.394. The van der Waals surface area contributed by atoms with E-state index in [1.165, 1.54) is 6.92 Å². The van der Waals surface area contributed by atoms with Crippen LogP contribution in [0.1, 0.15) is 21.5 Å². The minimum absolute atomic E-state index is 0.0539. The number of phenolic OH excluding ortho intramolecular Hbond substituents is 2. The molecular weight excluding hydrogens is 518 g/mol. The maximum atomic E-state index is 12.9. The van der Waals surface area contributed by atoms with E-state index in [0.29, 0.717) is 6.07 Å². The van der Waals surface area contributed by atoms with Crippen LogP contribution in [0.3, 0.4) is 0 Å². The van der Waals surface area contributed by atoms with Crippen molar-refractivity contribution in [1.29, 1.82) is 0 Å². The third-order valence-electron chi connectivity index (χ3n) is 5.27. The van der Waals surface area contributed by atoms with Gasteiger partial charge in [0.25, 0.3) is 11.6 Å². The number of phenols is 2. The van der Waals surface area contributed by atoms with Crippen molar-refractivity contribution in [2.45, 2.75) is 24.8 Å². The maximum Gasteiger partial charge on any atom is 0.339 e. The number of hydrogen-bond acceptors (Lipinski definition) is 12. The average molecular weight is 537 g/mol. The first-order valence-electron chi connectivity index (χ1n) is 10.3. The maximum absolute atomic E-state index is 12.9. The van der Waals surface area contributed by atoms with E-state index in [0.717, 1.165) is 30.0 Å². The van der Waals surface area contributed by atoms with E-state index >= 15 is 0 Å². The molecule has 196 valence electrons. The van der Waals surface area contributed by atoms with Crippen molar-refractivity contribution < 1.29 is 49.0 Å². The minimum Gasteiger partial charge on any atom is -0.508 e. The van der Waals surface area contributed by atoms with Gasteiger partial charge >= 0.3 is 17.6 Å². The van der Waals surface area contributed by atoms with E-state index < -0.39 is 75.1 Å². The zero-order chi connectivity index (χ0) is 27.4. The number of thioether (sulfide) groups is 1. The van der Waals surface area contributed by atoms with Crippen LogP contribution in [0, 0.1) is 27.2 Å². The highest BCUT2D eigenvalue weighted by atomic mass is 32.2. The number of carboxylic acid groups (broad SMARTS) is 1. The Morgan fingerprint density at radius 1 is 1.16 bits per heavy atom. The summed E-state index contributed by atoms with van der Waals surface area (Å²) in [5.74, 6) is -5.27. The fourth-order valence-corrected chi connectivity index (χ4v) is 4.43. The molecule has 15 nitrogen and oxygen atoms in total. The van der Waals surface area contributed by atoms with Crippen LogP contribution in [-0.4, -0.2) is 67.5 Å². The molecule has 1 amide bonds. The number of aliphatic carboxylic acids is 1. The number of non-ortho nitro benzene ring substituents is 1. The molecule has 16 heteroatoms. The lowest BCUT2D eigenvalue weighted by Crippen LogP contribution is -2.50. The molecule has 0 saturated heterocycles. The van der Waals surface area contributed by atoms with Crippen LogP contribution >= 0.6 is 11.8 Å². The first-order chi connectivity index (χ1) is 17.4. The highest BCUT2D eigenvalue weighted by Gasteiger charge is 2.33. The summed E-state index contributed by atoms with van der Waals surface area (Å²) in [7, 11) is 0. The van der Waals surface area contributed by atoms with Crippen molar-refractivity contribution in [1.82, 2.24) is 5.32 Å². The van der Waals surface area contributed by atoms with Crippen molar-refractivity contribution in [3.63, 3.8) is 0 Å². The summed E-state index contributed by atoms with van der Waals surface area (Å²) in [5.41, 5.74) is -1.58. The second-order valence-electron chi connectivity index (χ2n) is 7.68. The predicted molar refractivity (Wildman–Crippen MR) is 125 cm³/mol. The number of carboxylic acids is 1. The van der Waals surface area contributed by atoms with Gasteiger partial charge in [-0.25, -0.2) is 9.59 Å². The summed E-state index contributed by atoms with van der Waals surface area (Å²) in [5, 5.41) is 54.5. The van der Waals surface area contributed by atoms with Gasteiger partial charge in [0.2, 0.25) is 6.10 Å². The van der Waals surface area contributed by atoms with Crippen LogP contribution < -0.4 is 10.1 Å². The number of amides is 1. The summed E-state index contributed by atoms with van der Waals surface area (Å²) < 4.78 is 10.6. The van der Waals surface area contributed by atoms with Crippen molar-refractivity contribution in [3.8, 4) is 17.2 Å². The van der Waals surface area contributed by atoms with Crippen LogP contribution in [0.4, 0.5) is 11.4 Å². The Morgan fingerprint density at radius 2 is 1.86 bits per heavy atom. The lowest BCUT2D eigenvalue weighted by Gasteiger charge is -2.23. The molecule has 0 saturated carbocycles. The molecule has 0 unspecified atom stereocenters. The number of nitro benzene ring substituents is 2. The number of hydrogen-bond donors (Lipinski definition) is 4. The van der Waals surface area contributed by atoms with E-state index in [2.05, 4.69) is 5.32 Å². The predicted octanol–water partition coefficient (Wildman–Crippen LogP) is 1.64. The number of carbonyl (C=O) groups is 3. The number of fused-ring (bicyclic) bond motifs is 1. The minimum atomic E-state index is -1.81. The molecule has 37 heavy (non-hydrogen) atoms. The van der Waals surface area contributed by atoms with Gasteiger partial charge in [0, 0.05) is 34.8 Å². The molecule has 0 fully saturated rings. The number of esters is 1. The summed E-state index contributed by atoms with van der Waals surface area (Å²) in [6.45, 7) is 0.514. The van der Waals surface area contributed by atoms with E-state index in [9.17, 15) is 49.9 Å². The molecule has 1 aliphatic heterocycles. The van der Waals surface area contributed by atoms with Crippen molar-refractivity contribution >= 4 is 41.0 Å². The fourth-order valence-electron chi connectivity index (χ4n) is 3.35. The first-order valence-corrected chi connectivity index (χ1v) is 11.5. The molecule has 3 rings (SSSR count). The molecule has 0 bridgehead atoms. The summed E-state index contributed by atoms with van der Waals surface area (Å²) >= 11 is 0.957. The van der Waals surface area contributed by atoms with Gasteiger partial charge in [0.1, 0.15) is 24.1 Å². The zero-order valence-electron chi connectivity index (χ0n) is 18.9. The number of benzene rings is 2. The Kier molecular flexibility index (Phi) is 8.01. The Balaban J connectivity index is 2.03. The fraction of sp³-hybridized carbons (Fsp3) is 0.286. The smallest absolute Gasteiger partial charge is 0.339 e. The number of cyclic esters (lactones) is 1. The number of carbonyl (C=O) groups excluding carboxylic acids is 2. The normalized spacial score (nSPS) is 18.3. The summed E-state index contributed by atoms with van der Waals surface area (Å²) in [4.78, 5) is 58.1. The molecule has 2 aromatic rings. The second-order valence-corrected chi connectivity index (χ2v) is 8.71. The molecule has 0 spiro atoms. The van der Waals surface area contributed by atoms with E-state index in [1.807, 2.05) is 0 Å². The monoisotopic (exact) mass is 537 g/mol. The van der Waals surface area contributed by atoms with E-state index in [-0.39, 0.29) is 28.2 Å². The van der Waals surface area contributed by atoms with Crippen LogP contribution in [0.25, 0.3) is 0 Å². The number of ether oxygens (including phenoxy) is 2. The van der Waals surface area contributed by atoms with Gasteiger partial charge in [-0.1, -0.05) is 0 Å². The standard InChI is InChI=1S/C21H19N3O12S/c1-9-14(25)5-15(26)11-7-37-8-12(20(28)29)22-19(27)17(6-35-21(30)18(9)11)36-16-3-2-10(23(31)32)4-13(16)24(33)34/h2-5,12,17,25-26H,6-8H2,1H3,(H,22,27)(H,28,29)/t12-,17-/m0/s1. The Morgan fingerprint density at radius 3 is 2.49 bits per heavy atom. The van der Waals surface area contributed by atoms with Crippen molar-refractivity contribution in [2.75, 3.05) is 12.4 Å². The topological polar surface area (TPSA) is 229 Å². The molecule has 2 atom stereocenters. The average Bonchev–Trinajstić information content (AvgIpc) is 2.82. The quantitative estimate of drug-likeness (QED) is 0.242. The van der Waals surface area contributed by atoms with Crippen LogP contribution in [0.5, 0.6) is 17.2 Å². The molecule has 2 aromatic carbocycles. The first kappa shape index (κ1) is 27.0. The molecule has 4 N–H and O–H groups in total. The molecule has 1 aliphatic rings. The van der Waals surface area contributed by atoms with E-state index in [1.54, 1.807) is 0 Å². The summed E-state index contributed by atoms with van der Waals surface area (Å²) in [6.07, 6.45) is -1.81. The Labute approximate surface area is 211 Å². The number of nitrogens with zero attached hydrogens (tertiary/aromatic N) is 2. The zero-order valence-corrected chi connectivity index (χ0v) is 19.7. The highest BCUT2D eigenvalue weighted by Crippen LogP contribution is 2.36. The van der Waals surface area contributed by atoms with Gasteiger partial charge in [0.05, 0.1) is 21.5 Å². The number of nitro groups is 2. The lowest BCUT2D eigenvalue weighted by atomic mass is 10.0. The van der Waals surface area contributed by atoms with Gasteiger partial charge in [-0.3, -0.25) is 25.0 Å². The van der Waals surface area contributed by atoms with E-state index in [4.69, 9.17) is 9.47 Å². The number of nitrogens with one attached hydrogen (secondary N) is 1. The largest absolute Gasteiger partial charge is 0.508 e. The number of rotatable bonds is 5. The molecular formula is C21H19N3O12S.